The van der Waals surface area contributed by atoms with Crippen LogP contribution in [-0.2, 0) is 0 Å². The van der Waals surface area contributed by atoms with E-state index in [0.29, 0.717) is 29.4 Å². The molecule has 0 radical (unpaired) electrons. The summed E-state index contributed by atoms with van der Waals surface area (Å²) in [6.45, 7) is 5.02. The van der Waals surface area contributed by atoms with E-state index in [0.717, 1.165) is 19.6 Å². The summed E-state index contributed by atoms with van der Waals surface area (Å²) in [6.07, 6.45) is 8.20. The van der Waals surface area contributed by atoms with Crippen LogP contribution >= 0.6 is 0 Å². The number of ether oxygens (including phenoxy) is 1. The fraction of sp³-hybridized carbons (Fsp3) is 0.400. The van der Waals surface area contributed by atoms with Crippen molar-refractivity contribution in [2.45, 2.75) is 26.2 Å². The SMILES string of the molecule is CC(=O)c1ccc(OCCN2CCCCC2)c(NC(=O)Nc2cnccn2)c1. The number of rotatable bonds is 7. The third-order valence-electron chi connectivity index (χ3n) is 4.55. The zero-order chi connectivity index (χ0) is 19.8. The van der Waals surface area contributed by atoms with E-state index in [1.807, 2.05) is 0 Å². The summed E-state index contributed by atoms with van der Waals surface area (Å²) < 4.78 is 5.90. The van der Waals surface area contributed by atoms with Gasteiger partial charge in [-0.3, -0.25) is 20.0 Å². The predicted octanol–water partition coefficient (Wildman–Crippen LogP) is 3.19. The van der Waals surface area contributed by atoms with Gasteiger partial charge in [-0.1, -0.05) is 6.42 Å². The highest BCUT2D eigenvalue weighted by Gasteiger charge is 2.13. The fourth-order valence-corrected chi connectivity index (χ4v) is 3.07. The van der Waals surface area contributed by atoms with Crippen molar-refractivity contribution < 1.29 is 14.3 Å². The summed E-state index contributed by atoms with van der Waals surface area (Å²) in [5, 5.41) is 5.34. The maximum atomic E-state index is 12.3. The van der Waals surface area contributed by atoms with Gasteiger partial charge in [0.25, 0.3) is 0 Å². The normalized spacial score (nSPS) is 14.3. The van der Waals surface area contributed by atoms with Gasteiger partial charge in [0.05, 0.1) is 11.9 Å². The number of urea groups is 1. The van der Waals surface area contributed by atoms with Crippen LogP contribution in [0, 0.1) is 0 Å². The van der Waals surface area contributed by atoms with Gasteiger partial charge in [-0.05, 0) is 51.1 Å². The minimum absolute atomic E-state index is 0.0859. The topological polar surface area (TPSA) is 96.5 Å². The molecule has 1 aromatic heterocycles. The number of ketones is 1. The molecule has 8 nitrogen and oxygen atoms in total. The first kappa shape index (κ1) is 19.8. The minimum atomic E-state index is -0.484. The molecule has 28 heavy (non-hydrogen) atoms. The summed E-state index contributed by atoms with van der Waals surface area (Å²) in [4.78, 5) is 34.3. The van der Waals surface area contributed by atoms with Crippen LogP contribution in [0.2, 0.25) is 0 Å². The third kappa shape index (κ3) is 5.75. The van der Waals surface area contributed by atoms with E-state index in [1.54, 1.807) is 18.2 Å². The molecular formula is C20H25N5O3. The van der Waals surface area contributed by atoms with Crippen molar-refractivity contribution in [3.05, 3.63) is 42.4 Å². The summed E-state index contributed by atoms with van der Waals surface area (Å²) in [6, 6.07) is 4.55. The van der Waals surface area contributed by atoms with Crippen LogP contribution in [0.25, 0.3) is 0 Å². The Hall–Kier alpha value is -3.00. The van der Waals surface area contributed by atoms with Gasteiger partial charge in [0.2, 0.25) is 0 Å². The summed E-state index contributed by atoms with van der Waals surface area (Å²) in [5.41, 5.74) is 0.936. The molecule has 2 aromatic rings. The van der Waals surface area contributed by atoms with Crippen molar-refractivity contribution in [3.63, 3.8) is 0 Å². The second-order valence-electron chi connectivity index (χ2n) is 6.69. The molecule has 0 saturated carbocycles. The van der Waals surface area contributed by atoms with E-state index in [4.69, 9.17) is 4.74 Å². The molecular weight excluding hydrogens is 358 g/mol. The van der Waals surface area contributed by atoms with Crippen molar-refractivity contribution in [1.82, 2.24) is 14.9 Å². The Balaban J connectivity index is 1.65. The lowest BCUT2D eigenvalue weighted by Crippen LogP contribution is -2.33. The number of hydrogen-bond acceptors (Lipinski definition) is 6. The number of carbonyl (C=O) groups is 2. The first-order chi connectivity index (χ1) is 13.6. The molecule has 2 N–H and O–H groups in total. The second kappa shape index (κ2) is 9.80. The van der Waals surface area contributed by atoms with Gasteiger partial charge in [0.15, 0.2) is 11.6 Å². The molecule has 0 unspecified atom stereocenters. The summed E-state index contributed by atoms with van der Waals surface area (Å²) in [5.74, 6) is 0.767. The van der Waals surface area contributed by atoms with E-state index >= 15 is 0 Å². The van der Waals surface area contributed by atoms with Crippen LogP contribution in [0.15, 0.2) is 36.8 Å². The number of benzene rings is 1. The Morgan fingerprint density at radius 1 is 1.14 bits per heavy atom. The average Bonchev–Trinajstić information content (AvgIpc) is 2.70. The van der Waals surface area contributed by atoms with Crippen molar-refractivity contribution in [1.29, 1.82) is 0 Å². The zero-order valence-electron chi connectivity index (χ0n) is 16.0. The second-order valence-corrected chi connectivity index (χ2v) is 6.69. The lowest BCUT2D eigenvalue weighted by atomic mass is 10.1. The Morgan fingerprint density at radius 3 is 2.68 bits per heavy atom. The zero-order valence-corrected chi connectivity index (χ0v) is 16.0. The molecule has 1 aliphatic rings. The van der Waals surface area contributed by atoms with Crippen LogP contribution in [-0.4, -0.2) is 52.9 Å². The standard InChI is InChI=1S/C20H25N5O3/c1-15(26)16-5-6-18(28-12-11-25-9-3-2-4-10-25)17(13-16)23-20(27)24-19-14-21-7-8-22-19/h5-8,13-14H,2-4,9-12H2,1H3,(H2,22,23,24,27). The van der Waals surface area contributed by atoms with Gasteiger partial charge in [0, 0.05) is 24.5 Å². The molecule has 1 fully saturated rings. The number of likely N-dealkylation sites (tertiary alicyclic amines) is 1. The van der Waals surface area contributed by atoms with Crippen molar-refractivity contribution >= 4 is 23.3 Å². The number of hydrogen-bond donors (Lipinski definition) is 2. The van der Waals surface area contributed by atoms with Crippen molar-refractivity contribution in [2.24, 2.45) is 0 Å². The number of nitrogens with one attached hydrogen (secondary N) is 2. The smallest absolute Gasteiger partial charge is 0.324 e. The van der Waals surface area contributed by atoms with Crippen LogP contribution in [0.4, 0.5) is 16.3 Å². The Labute approximate surface area is 164 Å². The number of aromatic nitrogens is 2. The lowest BCUT2D eigenvalue weighted by Gasteiger charge is -2.26. The highest BCUT2D eigenvalue weighted by atomic mass is 16.5. The molecule has 148 valence electrons. The average molecular weight is 383 g/mol. The number of Topliss-reactive ketones (excluding diaryl/α,β-unsaturated/α-hetero) is 1. The van der Waals surface area contributed by atoms with Crippen LogP contribution < -0.4 is 15.4 Å². The number of piperidine rings is 1. The molecule has 1 aromatic carbocycles. The summed E-state index contributed by atoms with van der Waals surface area (Å²) >= 11 is 0. The van der Waals surface area contributed by atoms with Gasteiger partial charge < -0.3 is 10.1 Å². The van der Waals surface area contributed by atoms with E-state index in [2.05, 4.69) is 25.5 Å². The number of anilines is 2. The number of carbonyl (C=O) groups excluding carboxylic acids is 2. The summed E-state index contributed by atoms with van der Waals surface area (Å²) in [7, 11) is 0. The fourth-order valence-electron chi connectivity index (χ4n) is 3.07. The molecule has 2 heterocycles. The van der Waals surface area contributed by atoms with Gasteiger partial charge in [0.1, 0.15) is 12.4 Å². The highest BCUT2D eigenvalue weighted by molar-refractivity contribution is 6.02. The quantitative estimate of drug-likeness (QED) is 0.713. The van der Waals surface area contributed by atoms with Gasteiger partial charge in [-0.25, -0.2) is 9.78 Å². The molecule has 0 spiro atoms. The predicted molar refractivity (Wildman–Crippen MR) is 107 cm³/mol. The largest absolute Gasteiger partial charge is 0.490 e. The van der Waals surface area contributed by atoms with E-state index < -0.39 is 6.03 Å². The van der Waals surface area contributed by atoms with Gasteiger partial charge in [-0.15, -0.1) is 0 Å². The van der Waals surface area contributed by atoms with Crippen molar-refractivity contribution in [2.75, 3.05) is 36.9 Å². The molecule has 0 bridgehead atoms. The van der Waals surface area contributed by atoms with Crippen molar-refractivity contribution in [3.8, 4) is 5.75 Å². The molecule has 2 amide bonds. The van der Waals surface area contributed by atoms with E-state index in [1.165, 1.54) is 44.8 Å². The van der Waals surface area contributed by atoms with E-state index in [9.17, 15) is 9.59 Å². The van der Waals surface area contributed by atoms with Gasteiger partial charge >= 0.3 is 6.03 Å². The Kier molecular flexibility index (Phi) is 6.91. The third-order valence-corrected chi connectivity index (χ3v) is 4.55. The van der Waals surface area contributed by atoms with Crippen LogP contribution in [0.3, 0.4) is 0 Å². The van der Waals surface area contributed by atoms with Gasteiger partial charge in [-0.2, -0.15) is 0 Å². The maximum absolute atomic E-state index is 12.3. The highest BCUT2D eigenvalue weighted by Crippen LogP contribution is 2.26. The van der Waals surface area contributed by atoms with Crippen LogP contribution in [0.1, 0.15) is 36.5 Å². The first-order valence-corrected chi connectivity index (χ1v) is 9.46. The lowest BCUT2D eigenvalue weighted by molar-refractivity contribution is 0.101. The van der Waals surface area contributed by atoms with Crippen LogP contribution in [0.5, 0.6) is 5.75 Å². The van der Waals surface area contributed by atoms with E-state index in [-0.39, 0.29) is 5.78 Å². The Morgan fingerprint density at radius 2 is 1.96 bits per heavy atom. The molecule has 0 atom stereocenters. The monoisotopic (exact) mass is 383 g/mol. The Bertz CT molecular complexity index is 807. The molecule has 0 aliphatic carbocycles. The number of nitrogens with zero attached hydrogens (tertiary/aromatic N) is 3. The molecule has 3 rings (SSSR count). The molecule has 1 saturated heterocycles. The molecule has 8 heteroatoms. The first-order valence-electron chi connectivity index (χ1n) is 9.46. The molecule has 1 aliphatic heterocycles. The maximum Gasteiger partial charge on any atom is 0.324 e. The minimum Gasteiger partial charge on any atom is -0.490 e. The number of amides is 2.